The van der Waals surface area contributed by atoms with Crippen molar-refractivity contribution in [3.05, 3.63) is 59.4 Å². The normalized spacial score (nSPS) is 10.3. The third kappa shape index (κ3) is 3.19. The van der Waals surface area contributed by atoms with Crippen LogP contribution in [-0.2, 0) is 0 Å². The maximum absolute atomic E-state index is 13.4. The van der Waals surface area contributed by atoms with Crippen molar-refractivity contribution in [3.63, 3.8) is 0 Å². The van der Waals surface area contributed by atoms with Crippen molar-refractivity contribution in [1.82, 2.24) is 0 Å². The predicted octanol–water partition coefficient (Wildman–Crippen LogP) is 4.52. The molecule has 0 saturated carbocycles. The summed E-state index contributed by atoms with van der Waals surface area (Å²) in [6.07, 6.45) is 0.476. The molecule has 0 amide bonds. The van der Waals surface area contributed by atoms with Crippen LogP contribution >= 0.6 is 0 Å². The second kappa shape index (κ2) is 5.65. The lowest BCUT2D eigenvalue weighted by Crippen LogP contribution is -1.95. The number of carbonyl (C=O) groups is 1. The molecule has 98 valence electrons. The quantitative estimate of drug-likeness (QED) is 0.754. The molecule has 0 unspecified atom stereocenters. The summed E-state index contributed by atoms with van der Waals surface area (Å²) < 4.78 is 18.9. The number of aryl methyl sites for hydroxylation is 1. The van der Waals surface area contributed by atoms with Gasteiger partial charge in [0.05, 0.1) is 0 Å². The van der Waals surface area contributed by atoms with Gasteiger partial charge in [0.2, 0.25) is 0 Å². The minimum Gasteiger partial charge on any atom is -0.457 e. The molecule has 0 N–H and O–H groups in total. The van der Waals surface area contributed by atoms with Gasteiger partial charge in [-0.05, 0) is 42.8 Å². The van der Waals surface area contributed by atoms with E-state index in [2.05, 4.69) is 0 Å². The van der Waals surface area contributed by atoms with E-state index in [-0.39, 0.29) is 11.6 Å². The van der Waals surface area contributed by atoms with Crippen LogP contribution in [-0.4, -0.2) is 5.78 Å². The summed E-state index contributed by atoms with van der Waals surface area (Å²) in [5.74, 6) is 0.816. The lowest BCUT2D eigenvalue weighted by Gasteiger charge is -2.07. The molecule has 0 saturated heterocycles. The van der Waals surface area contributed by atoms with Crippen LogP contribution in [0.4, 0.5) is 4.39 Å². The van der Waals surface area contributed by atoms with E-state index in [1.165, 1.54) is 6.07 Å². The van der Waals surface area contributed by atoms with Crippen LogP contribution in [0.15, 0.2) is 42.5 Å². The van der Waals surface area contributed by atoms with Gasteiger partial charge >= 0.3 is 0 Å². The Morgan fingerprint density at radius 3 is 2.32 bits per heavy atom. The van der Waals surface area contributed by atoms with Crippen LogP contribution in [0.25, 0.3) is 0 Å². The number of carbonyl (C=O) groups excluding carboxylic acids is 1. The summed E-state index contributed by atoms with van der Waals surface area (Å²) in [6, 6.07) is 11.6. The molecule has 0 aromatic heterocycles. The van der Waals surface area contributed by atoms with E-state index in [4.69, 9.17) is 4.74 Å². The van der Waals surface area contributed by atoms with Crippen molar-refractivity contribution in [2.24, 2.45) is 0 Å². The minimum absolute atomic E-state index is 0.0907. The number of ketones is 1. The zero-order valence-corrected chi connectivity index (χ0v) is 10.9. The zero-order valence-electron chi connectivity index (χ0n) is 10.9. The van der Waals surface area contributed by atoms with Crippen molar-refractivity contribution in [2.75, 3.05) is 0 Å². The average Bonchev–Trinajstić information content (AvgIpc) is 2.43. The van der Waals surface area contributed by atoms with Gasteiger partial charge in [-0.2, -0.15) is 0 Å². The molecule has 2 aromatic carbocycles. The number of rotatable bonds is 4. The molecule has 0 radical (unpaired) electrons. The first-order valence-corrected chi connectivity index (χ1v) is 6.17. The highest BCUT2D eigenvalue weighted by molar-refractivity contribution is 5.95. The maximum Gasteiger partial charge on any atom is 0.162 e. The first-order valence-electron chi connectivity index (χ1n) is 6.17. The van der Waals surface area contributed by atoms with Gasteiger partial charge in [0.1, 0.15) is 17.3 Å². The maximum atomic E-state index is 13.4. The van der Waals surface area contributed by atoms with Gasteiger partial charge in [-0.15, -0.1) is 0 Å². The van der Waals surface area contributed by atoms with E-state index >= 15 is 0 Å². The Bertz CT molecular complexity index is 588. The lowest BCUT2D eigenvalue weighted by molar-refractivity contribution is 0.0988. The summed E-state index contributed by atoms with van der Waals surface area (Å²) in [4.78, 5) is 11.5. The molecule has 0 spiro atoms. The van der Waals surface area contributed by atoms with Gasteiger partial charge < -0.3 is 4.74 Å². The molecule has 2 rings (SSSR count). The molecular weight excluding hydrogens is 243 g/mol. The van der Waals surface area contributed by atoms with Crippen molar-refractivity contribution in [3.8, 4) is 11.5 Å². The Balaban J connectivity index is 2.15. The molecule has 0 bridgehead atoms. The fraction of sp³-hybridized carbons (Fsp3) is 0.188. The van der Waals surface area contributed by atoms with Gasteiger partial charge in [0.25, 0.3) is 0 Å². The smallest absolute Gasteiger partial charge is 0.162 e. The minimum atomic E-state index is -0.296. The SMILES string of the molecule is CCC(=O)c1ccc(Oc2ccc(C)c(F)c2)cc1. The van der Waals surface area contributed by atoms with Crippen molar-refractivity contribution in [1.29, 1.82) is 0 Å². The molecular formula is C16H15FO2. The van der Waals surface area contributed by atoms with Crippen LogP contribution in [0.2, 0.25) is 0 Å². The van der Waals surface area contributed by atoms with Gasteiger partial charge in [0.15, 0.2) is 5.78 Å². The fourth-order valence-corrected chi connectivity index (χ4v) is 1.69. The van der Waals surface area contributed by atoms with E-state index in [1.807, 2.05) is 6.92 Å². The molecule has 0 heterocycles. The van der Waals surface area contributed by atoms with Gasteiger partial charge in [-0.25, -0.2) is 4.39 Å². The molecule has 0 aliphatic rings. The Labute approximate surface area is 111 Å². The first kappa shape index (κ1) is 13.3. The molecule has 3 heteroatoms. The molecule has 0 aliphatic heterocycles. The number of hydrogen-bond acceptors (Lipinski definition) is 2. The highest BCUT2D eigenvalue weighted by Crippen LogP contribution is 2.23. The summed E-state index contributed by atoms with van der Waals surface area (Å²) in [5.41, 5.74) is 1.24. The largest absolute Gasteiger partial charge is 0.457 e. The third-order valence-corrected chi connectivity index (χ3v) is 2.88. The molecule has 0 fully saturated rings. The summed E-state index contributed by atoms with van der Waals surface area (Å²) >= 11 is 0. The molecule has 0 atom stereocenters. The van der Waals surface area contributed by atoms with Gasteiger partial charge in [0, 0.05) is 18.1 Å². The van der Waals surface area contributed by atoms with E-state index in [0.717, 1.165) is 0 Å². The Kier molecular flexibility index (Phi) is 3.95. The summed E-state index contributed by atoms with van der Waals surface area (Å²) in [5, 5.41) is 0. The number of hydrogen-bond donors (Lipinski definition) is 0. The predicted molar refractivity (Wildman–Crippen MR) is 72.3 cm³/mol. The van der Waals surface area contributed by atoms with Crippen LogP contribution in [0, 0.1) is 12.7 Å². The molecule has 2 aromatic rings. The highest BCUT2D eigenvalue weighted by Gasteiger charge is 2.04. The zero-order chi connectivity index (χ0) is 13.8. The fourth-order valence-electron chi connectivity index (χ4n) is 1.69. The average molecular weight is 258 g/mol. The Morgan fingerprint density at radius 2 is 1.74 bits per heavy atom. The second-order valence-corrected chi connectivity index (χ2v) is 4.31. The summed E-state index contributed by atoms with van der Waals surface area (Å²) in [7, 11) is 0. The van der Waals surface area contributed by atoms with E-state index in [9.17, 15) is 9.18 Å². The molecule has 2 nitrogen and oxygen atoms in total. The topological polar surface area (TPSA) is 26.3 Å². The van der Waals surface area contributed by atoms with E-state index < -0.39 is 0 Å². The Morgan fingerprint density at radius 1 is 1.11 bits per heavy atom. The van der Waals surface area contributed by atoms with Crippen LogP contribution in [0.3, 0.4) is 0 Å². The van der Waals surface area contributed by atoms with Crippen LogP contribution in [0.5, 0.6) is 11.5 Å². The van der Waals surface area contributed by atoms with Crippen LogP contribution < -0.4 is 4.74 Å². The van der Waals surface area contributed by atoms with Crippen LogP contribution in [0.1, 0.15) is 29.3 Å². The van der Waals surface area contributed by atoms with Gasteiger partial charge in [-0.3, -0.25) is 4.79 Å². The lowest BCUT2D eigenvalue weighted by atomic mass is 10.1. The standard InChI is InChI=1S/C16H15FO2/c1-3-16(18)12-5-8-13(9-6-12)19-14-7-4-11(2)15(17)10-14/h4-10H,3H2,1-2H3. The Hall–Kier alpha value is -2.16. The van der Waals surface area contributed by atoms with E-state index in [1.54, 1.807) is 43.3 Å². The number of ether oxygens (including phenoxy) is 1. The molecule has 0 aliphatic carbocycles. The first-order chi connectivity index (χ1) is 9.10. The monoisotopic (exact) mass is 258 g/mol. The number of Topliss-reactive ketones (excluding diaryl/α,β-unsaturated/α-hetero) is 1. The highest BCUT2D eigenvalue weighted by atomic mass is 19.1. The molecule has 19 heavy (non-hydrogen) atoms. The number of benzene rings is 2. The van der Waals surface area contributed by atoms with Crippen molar-refractivity contribution in [2.45, 2.75) is 20.3 Å². The number of halogens is 1. The van der Waals surface area contributed by atoms with Gasteiger partial charge in [-0.1, -0.05) is 13.0 Å². The summed E-state index contributed by atoms with van der Waals surface area (Å²) in [6.45, 7) is 3.52. The third-order valence-electron chi connectivity index (χ3n) is 2.88. The van der Waals surface area contributed by atoms with Crippen molar-refractivity contribution >= 4 is 5.78 Å². The second-order valence-electron chi connectivity index (χ2n) is 4.31. The van der Waals surface area contributed by atoms with E-state index in [0.29, 0.717) is 29.0 Å². The van der Waals surface area contributed by atoms with Crippen molar-refractivity contribution < 1.29 is 13.9 Å².